The summed E-state index contributed by atoms with van der Waals surface area (Å²) >= 11 is 0. The van der Waals surface area contributed by atoms with E-state index < -0.39 is 0 Å². The molecular formula is C20H27N5O2. The molecule has 2 saturated heterocycles. The minimum absolute atomic E-state index is 0.00193. The van der Waals surface area contributed by atoms with Crippen LogP contribution < -0.4 is 10.6 Å². The summed E-state index contributed by atoms with van der Waals surface area (Å²) in [6.07, 6.45) is 3.33. The van der Waals surface area contributed by atoms with Gasteiger partial charge in [0, 0.05) is 32.2 Å². The van der Waals surface area contributed by atoms with Crippen molar-refractivity contribution in [3.8, 4) is 6.07 Å². The third-order valence-corrected chi connectivity index (χ3v) is 5.33. The smallest absolute Gasteiger partial charge is 0.317 e. The van der Waals surface area contributed by atoms with E-state index in [0.29, 0.717) is 26.2 Å². The number of carbonyl (C=O) groups excluding carboxylic acids is 2. The highest BCUT2D eigenvalue weighted by molar-refractivity contribution is 5.79. The molecule has 1 aromatic carbocycles. The lowest BCUT2D eigenvalue weighted by atomic mass is 10.1. The number of nitrogens with zero attached hydrogens (tertiary/aromatic N) is 3. The maximum absolute atomic E-state index is 12.3. The van der Waals surface area contributed by atoms with Crippen LogP contribution in [-0.2, 0) is 11.3 Å². The van der Waals surface area contributed by atoms with Crippen LogP contribution in [0.1, 0.15) is 31.2 Å². The number of carbonyl (C=O) groups is 2. The SMILES string of the molecule is N#C[C@@H]1CCCN1C(=O)CNC1CCN(C(=O)NCc2ccccc2)CC1. The molecule has 0 bridgehead atoms. The molecule has 1 atom stereocenters. The molecule has 0 saturated carbocycles. The summed E-state index contributed by atoms with van der Waals surface area (Å²) in [5.74, 6) is 0.00193. The first-order chi connectivity index (χ1) is 13.2. The Morgan fingerprint density at radius 3 is 2.56 bits per heavy atom. The van der Waals surface area contributed by atoms with Gasteiger partial charge < -0.3 is 20.4 Å². The molecule has 7 nitrogen and oxygen atoms in total. The fourth-order valence-corrected chi connectivity index (χ4v) is 3.70. The Morgan fingerprint density at radius 1 is 1.11 bits per heavy atom. The average molecular weight is 369 g/mol. The number of amides is 3. The van der Waals surface area contributed by atoms with E-state index in [2.05, 4.69) is 16.7 Å². The van der Waals surface area contributed by atoms with E-state index in [1.54, 1.807) is 4.90 Å². The molecule has 3 amide bonds. The number of nitrogens with one attached hydrogen (secondary N) is 2. The minimum atomic E-state index is -0.269. The van der Waals surface area contributed by atoms with Gasteiger partial charge in [-0.05, 0) is 31.2 Å². The lowest BCUT2D eigenvalue weighted by molar-refractivity contribution is -0.130. The fourth-order valence-electron chi connectivity index (χ4n) is 3.70. The highest BCUT2D eigenvalue weighted by Crippen LogP contribution is 2.16. The summed E-state index contributed by atoms with van der Waals surface area (Å²) in [6, 6.07) is 12.0. The summed E-state index contributed by atoms with van der Waals surface area (Å²) in [5.41, 5.74) is 1.08. The number of benzene rings is 1. The van der Waals surface area contributed by atoms with Crippen LogP contribution in [0.2, 0.25) is 0 Å². The zero-order chi connectivity index (χ0) is 19.1. The Morgan fingerprint density at radius 2 is 1.85 bits per heavy atom. The van der Waals surface area contributed by atoms with Gasteiger partial charge in [-0.15, -0.1) is 0 Å². The summed E-state index contributed by atoms with van der Waals surface area (Å²) in [6.45, 7) is 2.83. The van der Waals surface area contributed by atoms with Gasteiger partial charge in [0.1, 0.15) is 6.04 Å². The standard InChI is InChI=1S/C20H27N5O2/c21-13-18-7-4-10-25(18)19(26)15-22-17-8-11-24(12-9-17)20(27)23-14-16-5-2-1-3-6-16/h1-3,5-6,17-18,22H,4,7-12,14-15H2,(H,23,27)/t18-/m0/s1. The van der Waals surface area contributed by atoms with Crippen LogP contribution >= 0.6 is 0 Å². The topological polar surface area (TPSA) is 88.5 Å². The second-order valence-electron chi connectivity index (χ2n) is 7.16. The van der Waals surface area contributed by atoms with Gasteiger partial charge in [-0.1, -0.05) is 30.3 Å². The highest BCUT2D eigenvalue weighted by atomic mass is 16.2. The number of hydrogen-bond acceptors (Lipinski definition) is 4. The predicted octanol–water partition coefficient (Wildman–Crippen LogP) is 1.46. The second kappa shape index (κ2) is 9.38. The first-order valence-electron chi connectivity index (χ1n) is 9.66. The molecule has 1 aromatic rings. The Hall–Kier alpha value is -2.59. The molecule has 27 heavy (non-hydrogen) atoms. The molecule has 0 spiro atoms. The number of rotatable bonds is 5. The van der Waals surface area contributed by atoms with Crippen LogP contribution in [0.25, 0.3) is 0 Å². The molecule has 2 heterocycles. The largest absolute Gasteiger partial charge is 0.334 e. The Labute approximate surface area is 160 Å². The molecule has 2 aliphatic rings. The van der Waals surface area contributed by atoms with Crippen molar-refractivity contribution in [1.82, 2.24) is 20.4 Å². The van der Waals surface area contributed by atoms with Gasteiger partial charge >= 0.3 is 6.03 Å². The lowest BCUT2D eigenvalue weighted by Crippen LogP contribution is -2.50. The van der Waals surface area contributed by atoms with Crippen molar-refractivity contribution in [2.75, 3.05) is 26.2 Å². The van der Waals surface area contributed by atoms with Gasteiger partial charge in [-0.3, -0.25) is 4.79 Å². The van der Waals surface area contributed by atoms with Crippen molar-refractivity contribution in [3.05, 3.63) is 35.9 Å². The molecule has 2 aliphatic heterocycles. The van der Waals surface area contributed by atoms with Crippen LogP contribution in [0.5, 0.6) is 0 Å². The van der Waals surface area contributed by atoms with E-state index in [-0.39, 0.29) is 30.6 Å². The number of urea groups is 1. The van der Waals surface area contributed by atoms with Crippen molar-refractivity contribution in [1.29, 1.82) is 5.26 Å². The van der Waals surface area contributed by atoms with E-state index in [0.717, 1.165) is 31.2 Å². The Bertz CT molecular complexity index is 679. The maximum Gasteiger partial charge on any atom is 0.317 e. The summed E-state index contributed by atoms with van der Waals surface area (Å²) in [7, 11) is 0. The van der Waals surface area contributed by atoms with E-state index in [1.807, 2.05) is 35.2 Å². The molecule has 144 valence electrons. The number of nitriles is 1. The summed E-state index contributed by atoms with van der Waals surface area (Å²) in [5, 5.41) is 15.4. The van der Waals surface area contributed by atoms with E-state index >= 15 is 0 Å². The van der Waals surface area contributed by atoms with Gasteiger partial charge in [0.25, 0.3) is 0 Å². The molecule has 3 rings (SSSR count). The first-order valence-corrected chi connectivity index (χ1v) is 9.66. The van der Waals surface area contributed by atoms with Gasteiger partial charge in [0.05, 0.1) is 12.6 Å². The molecule has 0 radical (unpaired) electrons. The summed E-state index contributed by atoms with van der Waals surface area (Å²) < 4.78 is 0. The van der Waals surface area contributed by atoms with Crippen molar-refractivity contribution >= 4 is 11.9 Å². The highest BCUT2D eigenvalue weighted by Gasteiger charge is 2.29. The van der Waals surface area contributed by atoms with Crippen molar-refractivity contribution in [2.24, 2.45) is 0 Å². The second-order valence-corrected chi connectivity index (χ2v) is 7.16. The molecular weight excluding hydrogens is 342 g/mol. The number of piperidine rings is 1. The van der Waals surface area contributed by atoms with Gasteiger partial charge in [0.2, 0.25) is 5.91 Å². The molecule has 7 heteroatoms. The third kappa shape index (κ3) is 5.20. The average Bonchev–Trinajstić information content (AvgIpc) is 3.20. The van der Waals surface area contributed by atoms with Crippen molar-refractivity contribution in [3.63, 3.8) is 0 Å². The van der Waals surface area contributed by atoms with Crippen molar-refractivity contribution in [2.45, 2.75) is 44.3 Å². The molecule has 0 aromatic heterocycles. The quantitative estimate of drug-likeness (QED) is 0.823. The number of likely N-dealkylation sites (tertiary alicyclic amines) is 2. The van der Waals surface area contributed by atoms with Gasteiger partial charge in [-0.25, -0.2) is 4.79 Å². The van der Waals surface area contributed by atoms with Gasteiger partial charge in [0.15, 0.2) is 0 Å². The Kier molecular flexibility index (Phi) is 6.66. The van der Waals surface area contributed by atoms with Crippen LogP contribution in [0, 0.1) is 11.3 Å². The molecule has 0 unspecified atom stereocenters. The first kappa shape index (κ1) is 19.2. The third-order valence-electron chi connectivity index (χ3n) is 5.33. The van der Waals surface area contributed by atoms with E-state index in [4.69, 9.17) is 5.26 Å². The zero-order valence-electron chi connectivity index (χ0n) is 15.6. The van der Waals surface area contributed by atoms with E-state index in [9.17, 15) is 9.59 Å². The van der Waals surface area contributed by atoms with Crippen LogP contribution in [0.4, 0.5) is 4.79 Å². The summed E-state index contributed by atoms with van der Waals surface area (Å²) in [4.78, 5) is 28.1. The lowest BCUT2D eigenvalue weighted by Gasteiger charge is -2.32. The minimum Gasteiger partial charge on any atom is -0.334 e. The normalized spacial score (nSPS) is 20.3. The predicted molar refractivity (Wildman–Crippen MR) is 102 cm³/mol. The fraction of sp³-hybridized carbons (Fsp3) is 0.550. The monoisotopic (exact) mass is 369 g/mol. The molecule has 2 N–H and O–H groups in total. The van der Waals surface area contributed by atoms with Crippen LogP contribution in [0.3, 0.4) is 0 Å². The number of hydrogen-bond donors (Lipinski definition) is 2. The molecule has 0 aliphatic carbocycles. The maximum atomic E-state index is 12.3. The molecule has 2 fully saturated rings. The van der Waals surface area contributed by atoms with E-state index in [1.165, 1.54) is 0 Å². The van der Waals surface area contributed by atoms with Crippen LogP contribution in [-0.4, -0.2) is 60.0 Å². The van der Waals surface area contributed by atoms with Gasteiger partial charge in [-0.2, -0.15) is 5.26 Å². The van der Waals surface area contributed by atoms with Crippen molar-refractivity contribution < 1.29 is 9.59 Å². The van der Waals surface area contributed by atoms with Crippen LogP contribution in [0.15, 0.2) is 30.3 Å². The zero-order valence-corrected chi connectivity index (χ0v) is 15.6. The Balaban J connectivity index is 1.35.